The standard InChI is InChI=1S/C21H22N2O3/c1-14-6-7-19-18(10-14)22-21(25)17(13-26-19)11-20(24)23-9-8-15-4-2-3-5-16(15)12-23/h2-7,10,17H,8-9,11-13H2,1H3,(H,22,25). The van der Waals surface area contributed by atoms with Gasteiger partial charge >= 0.3 is 0 Å². The van der Waals surface area contributed by atoms with Gasteiger partial charge in [-0.3, -0.25) is 9.59 Å². The number of hydrogen-bond donors (Lipinski definition) is 1. The van der Waals surface area contributed by atoms with Gasteiger partial charge in [0.25, 0.3) is 0 Å². The molecule has 2 aliphatic heterocycles. The van der Waals surface area contributed by atoms with E-state index in [1.807, 2.05) is 42.2 Å². The maximum absolute atomic E-state index is 12.8. The molecule has 0 saturated heterocycles. The van der Waals surface area contributed by atoms with Crippen LogP contribution in [0.1, 0.15) is 23.1 Å². The first kappa shape index (κ1) is 16.6. The number of carbonyl (C=O) groups excluding carboxylic acids is 2. The van der Waals surface area contributed by atoms with Crippen molar-refractivity contribution in [3.63, 3.8) is 0 Å². The minimum absolute atomic E-state index is 0.00499. The van der Waals surface area contributed by atoms with E-state index in [1.165, 1.54) is 11.1 Å². The average Bonchev–Trinajstić information content (AvgIpc) is 2.79. The zero-order valence-corrected chi connectivity index (χ0v) is 14.8. The van der Waals surface area contributed by atoms with Crippen LogP contribution in [0.25, 0.3) is 0 Å². The monoisotopic (exact) mass is 350 g/mol. The summed E-state index contributed by atoms with van der Waals surface area (Å²) >= 11 is 0. The number of carbonyl (C=O) groups is 2. The van der Waals surface area contributed by atoms with Gasteiger partial charge in [-0.1, -0.05) is 30.3 Å². The maximum atomic E-state index is 12.8. The molecule has 5 heteroatoms. The Bertz CT molecular complexity index is 862. The van der Waals surface area contributed by atoms with E-state index < -0.39 is 5.92 Å². The minimum atomic E-state index is -0.479. The number of benzene rings is 2. The molecule has 1 N–H and O–H groups in total. The van der Waals surface area contributed by atoms with Crippen LogP contribution in [0.15, 0.2) is 42.5 Å². The molecule has 0 aromatic heterocycles. The van der Waals surface area contributed by atoms with Crippen LogP contribution in [0.2, 0.25) is 0 Å². The zero-order chi connectivity index (χ0) is 18.1. The van der Waals surface area contributed by atoms with Crippen molar-refractivity contribution in [1.82, 2.24) is 4.90 Å². The van der Waals surface area contributed by atoms with Gasteiger partial charge in [0.15, 0.2) is 0 Å². The Morgan fingerprint density at radius 3 is 2.88 bits per heavy atom. The van der Waals surface area contributed by atoms with Gasteiger partial charge in [-0.05, 0) is 42.2 Å². The molecule has 1 unspecified atom stereocenters. The molecule has 5 nitrogen and oxygen atoms in total. The Hall–Kier alpha value is -2.82. The van der Waals surface area contributed by atoms with Crippen molar-refractivity contribution in [2.24, 2.45) is 5.92 Å². The fraction of sp³-hybridized carbons (Fsp3) is 0.333. The Balaban J connectivity index is 1.43. The van der Waals surface area contributed by atoms with Gasteiger partial charge in [0.1, 0.15) is 12.4 Å². The fourth-order valence-corrected chi connectivity index (χ4v) is 3.57. The van der Waals surface area contributed by atoms with Crippen molar-refractivity contribution in [2.45, 2.75) is 26.3 Å². The van der Waals surface area contributed by atoms with Gasteiger partial charge < -0.3 is 15.0 Å². The van der Waals surface area contributed by atoms with Gasteiger partial charge in [-0.2, -0.15) is 0 Å². The largest absolute Gasteiger partial charge is 0.491 e. The van der Waals surface area contributed by atoms with Crippen molar-refractivity contribution in [3.8, 4) is 5.75 Å². The summed E-state index contributed by atoms with van der Waals surface area (Å²) in [6.45, 7) is 3.50. The van der Waals surface area contributed by atoms with Crippen LogP contribution in [0.5, 0.6) is 5.75 Å². The second kappa shape index (κ2) is 6.83. The number of anilines is 1. The quantitative estimate of drug-likeness (QED) is 0.906. The summed E-state index contributed by atoms with van der Waals surface area (Å²) in [5.41, 5.74) is 4.22. The van der Waals surface area contributed by atoms with Crippen LogP contribution >= 0.6 is 0 Å². The third-order valence-corrected chi connectivity index (χ3v) is 5.11. The molecular formula is C21H22N2O3. The molecule has 0 bridgehead atoms. The molecule has 2 heterocycles. The minimum Gasteiger partial charge on any atom is -0.491 e. The number of nitrogens with zero attached hydrogens (tertiary/aromatic N) is 1. The van der Waals surface area contributed by atoms with Crippen LogP contribution in [-0.4, -0.2) is 29.9 Å². The normalized spacial score (nSPS) is 18.9. The van der Waals surface area contributed by atoms with Gasteiger partial charge in [0, 0.05) is 19.5 Å². The van der Waals surface area contributed by atoms with Crippen LogP contribution < -0.4 is 10.1 Å². The molecule has 0 radical (unpaired) electrons. The second-order valence-corrected chi connectivity index (χ2v) is 7.03. The summed E-state index contributed by atoms with van der Waals surface area (Å²) in [4.78, 5) is 27.1. The molecule has 0 saturated carbocycles. The smallest absolute Gasteiger partial charge is 0.231 e. The highest BCUT2D eigenvalue weighted by Crippen LogP contribution is 2.30. The number of aryl methyl sites for hydroxylation is 1. The summed E-state index contributed by atoms with van der Waals surface area (Å²) in [5.74, 6) is 0.0312. The number of amides is 2. The highest BCUT2D eigenvalue weighted by Gasteiger charge is 2.30. The van der Waals surface area contributed by atoms with E-state index >= 15 is 0 Å². The van der Waals surface area contributed by atoms with Gasteiger partial charge in [-0.15, -0.1) is 0 Å². The molecular weight excluding hydrogens is 328 g/mol. The highest BCUT2D eigenvalue weighted by molar-refractivity contribution is 5.97. The molecule has 1 atom stereocenters. The number of nitrogens with one attached hydrogen (secondary N) is 1. The Kier molecular flexibility index (Phi) is 4.37. The summed E-state index contributed by atoms with van der Waals surface area (Å²) in [7, 11) is 0. The summed E-state index contributed by atoms with van der Waals surface area (Å²) in [5, 5.41) is 2.90. The molecule has 2 aliphatic rings. The maximum Gasteiger partial charge on any atom is 0.231 e. The average molecular weight is 350 g/mol. The van der Waals surface area contributed by atoms with Gasteiger partial charge in [0.05, 0.1) is 11.6 Å². The molecule has 0 fully saturated rings. The molecule has 4 rings (SSSR count). The SMILES string of the molecule is Cc1ccc2c(c1)NC(=O)C(CC(=O)N1CCc3ccccc3C1)CO2. The molecule has 26 heavy (non-hydrogen) atoms. The van der Waals surface area contributed by atoms with E-state index in [9.17, 15) is 9.59 Å². The van der Waals surface area contributed by atoms with Crippen molar-refractivity contribution in [3.05, 3.63) is 59.2 Å². The van der Waals surface area contributed by atoms with Crippen molar-refractivity contribution >= 4 is 17.5 Å². The fourth-order valence-electron chi connectivity index (χ4n) is 3.57. The topological polar surface area (TPSA) is 58.6 Å². The lowest BCUT2D eigenvalue weighted by Crippen LogP contribution is -2.39. The summed E-state index contributed by atoms with van der Waals surface area (Å²) in [6, 6.07) is 13.9. The van der Waals surface area contributed by atoms with E-state index in [0.29, 0.717) is 24.5 Å². The third kappa shape index (κ3) is 3.29. The molecule has 0 spiro atoms. The van der Waals surface area contributed by atoms with E-state index in [4.69, 9.17) is 4.74 Å². The van der Waals surface area contributed by atoms with Crippen LogP contribution in [0.4, 0.5) is 5.69 Å². The van der Waals surface area contributed by atoms with Crippen LogP contribution in [0, 0.1) is 12.8 Å². The highest BCUT2D eigenvalue weighted by atomic mass is 16.5. The third-order valence-electron chi connectivity index (χ3n) is 5.11. The first-order valence-corrected chi connectivity index (χ1v) is 8.99. The second-order valence-electron chi connectivity index (χ2n) is 7.03. The molecule has 134 valence electrons. The van der Waals surface area contributed by atoms with Crippen molar-refractivity contribution in [2.75, 3.05) is 18.5 Å². The van der Waals surface area contributed by atoms with Crippen LogP contribution in [-0.2, 0) is 22.6 Å². The van der Waals surface area contributed by atoms with E-state index in [2.05, 4.69) is 17.4 Å². The van der Waals surface area contributed by atoms with Crippen molar-refractivity contribution < 1.29 is 14.3 Å². The number of fused-ring (bicyclic) bond motifs is 2. The van der Waals surface area contributed by atoms with Gasteiger partial charge in [0.2, 0.25) is 11.8 Å². The summed E-state index contributed by atoms with van der Waals surface area (Å²) < 4.78 is 5.78. The van der Waals surface area contributed by atoms with Crippen LogP contribution in [0.3, 0.4) is 0 Å². The molecule has 0 aliphatic carbocycles. The van der Waals surface area contributed by atoms with Gasteiger partial charge in [-0.25, -0.2) is 0 Å². The first-order valence-electron chi connectivity index (χ1n) is 8.99. The molecule has 2 aromatic rings. The Morgan fingerprint density at radius 1 is 1.23 bits per heavy atom. The summed E-state index contributed by atoms with van der Waals surface area (Å²) in [6.07, 6.45) is 1.03. The Morgan fingerprint density at radius 2 is 2.04 bits per heavy atom. The predicted molar refractivity (Wildman–Crippen MR) is 99.0 cm³/mol. The van der Waals surface area contributed by atoms with E-state index in [-0.39, 0.29) is 24.8 Å². The van der Waals surface area contributed by atoms with Crippen molar-refractivity contribution in [1.29, 1.82) is 0 Å². The zero-order valence-electron chi connectivity index (χ0n) is 14.8. The van der Waals surface area contributed by atoms with E-state index in [1.54, 1.807) is 0 Å². The first-order chi connectivity index (χ1) is 12.6. The number of ether oxygens (including phenoxy) is 1. The lowest BCUT2D eigenvalue weighted by atomic mass is 9.98. The van der Waals surface area contributed by atoms with E-state index in [0.717, 1.165) is 12.0 Å². The molecule has 2 amide bonds. The Labute approximate surface area is 153 Å². The predicted octanol–water partition coefficient (Wildman–Crippen LogP) is 2.92. The molecule has 2 aromatic carbocycles. The number of rotatable bonds is 2. The number of hydrogen-bond acceptors (Lipinski definition) is 3. The lowest BCUT2D eigenvalue weighted by Gasteiger charge is -2.29. The lowest BCUT2D eigenvalue weighted by molar-refractivity contribution is -0.136.